The molecule has 2 aromatic rings. The summed E-state index contributed by atoms with van der Waals surface area (Å²) in [5, 5.41) is 7.31. The molecule has 0 aliphatic heterocycles. The van der Waals surface area contributed by atoms with E-state index >= 15 is 0 Å². The van der Waals surface area contributed by atoms with E-state index in [0.717, 1.165) is 22.3 Å². The van der Waals surface area contributed by atoms with Crippen LogP contribution in [0, 0.1) is 13.8 Å². The summed E-state index contributed by atoms with van der Waals surface area (Å²) in [4.78, 5) is 12.0. The minimum atomic E-state index is -0.0447. The molecule has 1 heterocycles. The van der Waals surface area contributed by atoms with E-state index in [4.69, 9.17) is 0 Å². The number of aromatic nitrogens is 2. The molecule has 2 rings (SSSR count). The van der Waals surface area contributed by atoms with E-state index in [1.54, 1.807) is 12.1 Å². The first kappa shape index (κ1) is 14.8. The van der Waals surface area contributed by atoms with E-state index in [1.807, 2.05) is 37.7 Å². The number of nitrogens with zero attached hydrogens (tertiary/aromatic N) is 2. The Morgan fingerprint density at radius 1 is 1.30 bits per heavy atom. The Morgan fingerprint density at radius 2 is 1.95 bits per heavy atom. The average molecular weight is 336 g/mol. The van der Waals surface area contributed by atoms with E-state index in [0.29, 0.717) is 12.1 Å². The van der Waals surface area contributed by atoms with Crippen LogP contribution < -0.4 is 5.32 Å². The number of amides is 1. The Labute approximate surface area is 127 Å². The fraction of sp³-hybridized carbons (Fsp3) is 0.333. The predicted molar refractivity (Wildman–Crippen MR) is 82.9 cm³/mol. The van der Waals surface area contributed by atoms with E-state index < -0.39 is 0 Å². The maximum absolute atomic E-state index is 12.0. The molecule has 5 heteroatoms. The lowest BCUT2D eigenvalue weighted by atomic mass is 10.1. The monoisotopic (exact) mass is 335 g/mol. The Kier molecular flexibility index (Phi) is 4.60. The molecule has 0 spiro atoms. The Hall–Kier alpha value is -1.62. The van der Waals surface area contributed by atoms with Gasteiger partial charge in [0.15, 0.2) is 0 Å². The highest BCUT2D eigenvalue weighted by Gasteiger charge is 2.10. The minimum Gasteiger partial charge on any atom is -0.352 e. The van der Waals surface area contributed by atoms with Crippen molar-refractivity contribution in [2.24, 2.45) is 7.05 Å². The summed E-state index contributed by atoms with van der Waals surface area (Å²) in [6, 6.07) is 7.34. The van der Waals surface area contributed by atoms with Crippen molar-refractivity contribution in [3.05, 3.63) is 51.3 Å². The van der Waals surface area contributed by atoms with Gasteiger partial charge in [0.1, 0.15) is 0 Å². The first-order valence-electron chi connectivity index (χ1n) is 6.52. The van der Waals surface area contributed by atoms with Crippen LogP contribution in [0.4, 0.5) is 0 Å². The van der Waals surface area contributed by atoms with Crippen LogP contribution in [-0.2, 0) is 13.5 Å². The van der Waals surface area contributed by atoms with Gasteiger partial charge in [-0.1, -0.05) is 15.9 Å². The number of nitrogens with one attached hydrogen (secondary N) is 1. The molecule has 0 fully saturated rings. The van der Waals surface area contributed by atoms with E-state index in [-0.39, 0.29) is 5.91 Å². The molecular formula is C15H18BrN3O. The second kappa shape index (κ2) is 6.22. The molecule has 0 aliphatic carbocycles. The maximum Gasteiger partial charge on any atom is 0.251 e. The van der Waals surface area contributed by atoms with E-state index in [1.165, 1.54) is 5.56 Å². The third-order valence-electron chi connectivity index (χ3n) is 3.43. The van der Waals surface area contributed by atoms with Gasteiger partial charge in [-0.3, -0.25) is 9.48 Å². The van der Waals surface area contributed by atoms with Gasteiger partial charge in [0.2, 0.25) is 0 Å². The molecular weight excluding hydrogens is 318 g/mol. The predicted octanol–water partition coefficient (Wildman–Crippen LogP) is 2.77. The summed E-state index contributed by atoms with van der Waals surface area (Å²) in [6.07, 6.45) is 0.799. The van der Waals surface area contributed by atoms with Crippen molar-refractivity contribution in [3.63, 3.8) is 0 Å². The number of carbonyl (C=O) groups is 1. The Morgan fingerprint density at radius 3 is 2.50 bits per heavy atom. The van der Waals surface area contributed by atoms with Gasteiger partial charge in [0.05, 0.1) is 5.69 Å². The van der Waals surface area contributed by atoms with Gasteiger partial charge in [-0.05, 0) is 50.1 Å². The molecule has 0 bridgehead atoms. The molecule has 1 aromatic carbocycles. The first-order valence-corrected chi connectivity index (χ1v) is 7.31. The molecule has 106 valence electrons. The van der Waals surface area contributed by atoms with Gasteiger partial charge in [-0.2, -0.15) is 5.10 Å². The van der Waals surface area contributed by atoms with Crippen molar-refractivity contribution in [1.29, 1.82) is 0 Å². The summed E-state index contributed by atoms with van der Waals surface area (Å²) in [6.45, 7) is 4.66. The molecule has 4 nitrogen and oxygen atoms in total. The molecule has 0 saturated heterocycles. The van der Waals surface area contributed by atoms with E-state index in [9.17, 15) is 4.79 Å². The van der Waals surface area contributed by atoms with Gasteiger partial charge < -0.3 is 5.32 Å². The molecule has 0 saturated carbocycles. The molecule has 1 aromatic heterocycles. The fourth-order valence-electron chi connectivity index (χ4n) is 2.18. The Balaban J connectivity index is 1.93. The second-order valence-corrected chi connectivity index (χ2v) is 5.70. The van der Waals surface area contributed by atoms with Gasteiger partial charge >= 0.3 is 0 Å². The summed E-state index contributed by atoms with van der Waals surface area (Å²) in [7, 11) is 1.94. The number of halogens is 1. The quantitative estimate of drug-likeness (QED) is 0.933. The van der Waals surface area contributed by atoms with Crippen molar-refractivity contribution in [2.75, 3.05) is 6.54 Å². The number of hydrogen-bond donors (Lipinski definition) is 1. The number of carbonyl (C=O) groups excluding carboxylic acids is 1. The average Bonchev–Trinajstić information content (AvgIpc) is 2.65. The van der Waals surface area contributed by atoms with E-state index in [2.05, 4.69) is 26.3 Å². The van der Waals surface area contributed by atoms with Crippen LogP contribution >= 0.6 is 15.9 Å². The van der Waals surface area contributed by atoms with Gasteiger partial charge in [-0.15, -0.1) is 0 Å². The summed E-state index contributed by atoms with van der Waals surface area (Å²) >= 11 is 3.36. The molecule has 0 unspecified atom stereocenters. The molecule has 20 heavy (non-hydrogen) atoms. The second-order valence-electron chi connectivity index (χ2n) is 4.79. The molecule has 0 radical (unpaired) electrons. The van der Waals surface area contributed by atoms with Gasteiger partial charge in [-0.25, -0.2) is 0 Å². The zero-order valence-corrected chi connectivity index (χ0v) is 13.5. The lowest BCUT2D eigenvalue weighted by molar-refractivity contribution is 0.0954. The number of rotatable bonds is 4. The van der Waals surface area contributed by atoms with Gasteiger partial charge in [0, 0.05) is 29.3 Å². The SMILES string of the molecule is Cc1nn(C)c(C)c1CCNC(=O)c1ccc(Br)cc1. The van der Waals surface area contributed by atoms with Crippen molar-refractivity contribution in [2.45, 2.75) is 20.3 Å². The van der Waals surface area contributed by atoms with Crippen LogP contribution in [0.15, 0.2) is 28.7 Å². The van der Waals surface area contributed by atoms with Crippen LogP contribution in [0.25, 0.3) is 0 Å². The highest BCUT2D eigenvalue weighted by Crippen LogP contribution is 2.12. The standard InChI is InChI=1S/C15H18BrN3O/c1-10-14(11(2)19(3)18-10)8-9-17-15(20)12-4-6-13(16)7-5-12/h4-7H,8-9H2,1-3H3,(H,17,20). The largest absolute Gasteiger partial charge is 0.352 e. The zero-order chi connectivity index (χ0) is 14.7. The highest BCUT2D eigenvalue weighted by atomic mass is 79.9. The topological polar surface area (TPSA) is 46.9 Å². The normalized spacial score (nSPS) is 10.6. The lowest BCUT2D eigenvalue weighted by Gasteiger charge is -2.06. The fourth-order valence-corrected chi connectivity index (χ4v) is 2.45. The van der Waals surface area contributed by atoms with Gasteiger partial charge in [0.25, 0.3) is 5.91 Å². The smallest absolute Gasteiger partial charge is 0.251 e. The summed E-state index contributed by atoms with van der Waals surface area (Å²) in [5.41, 5.74) is 4.07. The van der Waals surface area contributed by atoms with Crippen LogP contribution in [0.1, 0.15) is 27.3 Å². The zero-order valence-electron chi connectivity index (χ0n) is 11.9. The van der Waals surface area contributed by atoms with Crippen molar-refractivity contribution < 1.29 is 4.79 Å². The van der Waals surface area contributed by atoms with Crippen molar-refractivity contribution in [3.8, 4) is 0 Å². The molecule has 1 amide bonds. The Bertz CT molecular complexity index is 617. The summed E-state index contributed by atoms with van der Waals surface area (Å²) < 4.78 is 2.84. The molecule has 0 atom stereocenters. The van der Waals surface area contributed by atoms with Crippen LogP contribution in [-0.4, -0.2) is 22.2 Å². The first-order chi connectivity index (χ1) is 9.49. The molecule has 1 N–H and O–H groups in total. The third-order valence-corrected chi connectivity index (χ3v) is 3.95. The maximum atomic E-state index is 12.0. The van der Waals surface area contributed by atoms with Crippen LogP contribution in [0.3, 0.4) is 0 Å². The number of hydrogen-bond acceptors (Lipinski definition) is 2. The van der Waals surface area contributed by atoms with Crippen molar-refractivity contribution in [1.82, 2.24) is 15.1 Å². The van der Waals surface area contributed by atoms with Crippen molar-refractivity contribution >= 4 is 21.8 Å². The van der Waals surface area contributed by atoms with Crippen LogP contribution in [0.5, 0.6) is 0 Å². The third kappa shape index (κ3) is 3.28. The number of aryl methyl sites for hydroxylation is 2. The summed E-state index contributed by atoms with van der Waals surface area (Å²) in [5.74, 6) is -0.0447. The number of benzene rings is 1. The minimum absolute atomic E-state index is 0.0447. The lowest BCUT2D eigenvalue weighted by Crippen LogP contribution is -2.25. The molecule has 0 aliphatic rings. The van der Waals surface area contributed by atoms with Crippen LogP contribution in [0.2, 0.25) is 0 Å². The highest BCUT2D eigenvalue weighted by molar-refractivity contribution is 9.10.